The van der Waals surface area contributed by atoms with Crippen LogP contribution >= 0.6 is 0 Å². The first-order valence-electron chi connectivity index (χ1n) is 23.6. The fraction of sp³-hybridized carbons (Fsp3) is 0.194. The summed E-state index contributed by atoms with van der Waals surface area (Å²) in [6.07, 6.45) is 0. The molecular formula is C62H51N3O. The van der Waals surface area contributed by atoms with Crippen LogP contribution in [0.25, 0.3) is 126 Å². The molecule has 66 heavy (non-hydrogen) atoms. The van der Waals surface area contributed by atoms with Crippen LogP contribution in [0.1, 0.15) is 79.0 Å². The van der Waals surface area contributed by atoms with E-state index in [1.165, 1.54) is 131 Å². The predicted molar refractivity (Wildman–Crippen MR) is 281 cm³/mol. The van der Waals surface area contributed by atoms with Crippen LogP contribution in [-0.4, -0.2) is 13.4 Å². The largest absolute Gasteiger partial charge is 0.439 e. The van der Waals surface area contributed by atoms with Gasteiger partial charge in [-0.05, 0) is 123 Å². The van der Waals surface area contributed by atoms with Gasteiger partial charge >= 0.3 is 0 Å². The summed E-state index contributed by atoms with van der Waals surface area (Å²) in [6, 6.07) is 55.3. The maximum absolute atomic E-state index is 6.86. The monoisotopic (exact) mass is 853 g/mol. The normalized spacial score (nSPS) is 13.5. The smallest absolute Gasteiger partial charge is 0.213 e. The van der Waals surface area contributed by atoms with E-state index in [1.807, 2.05) is 0 Å². The molecule has 0 radical (unpaired) electrons. The molecule has 14 aromatic rings. The molecule has 0 fully saturated rings. The van der Waals surface area contributed by atoms with Gasteiger partial charge in [0.25, 0.3) is 0 Å². The maximum Gasteiger partial charge on any atom is 0.213 e. The van der Waals surface area contributed by atoms with Crippen molar-refractivity contribution in [3.63, 3.8) is 0 Å². The molecule has 6 heterocycles. The Hall–Kier alpha value is -7.30. The molecule has 0 amide bonds. The molecule has 0 saturated carbocycles. The predicted octanol–water partition coefficient (Wildman–Crippen LogP) is 17.4. The number of aromatic nitrogens is 3. The van der Waals surface area contributed by atoms with Gasteiger partial charge in [0.05, 0.1) is 44.0 Å². The lowest BCUT2D eigenvalue weighted by Crippen LogP contribution is -2.11. The minimum Gasteiger partial charge on any atom is -0.439 e. The topological polar surface area (TPSA) is 26.9 Å². The molecule has 4 heteroatoms. The van der Waals surface area contributed by atoms with Crippen LogP contribution < -0.4 is 0 Å². The number of fused-ring (bicyclic) bond motifs is 17. The second-order valence-corrected chi connectivity index (χ2v) is 22.3. The van der Waals surface area contributed by atoms with Gasteiger partial charge in [0.1, 0.15) is 5.58 Å². The van der Waals surface area contributed by atoms with E-state index in [2.05, 4.69) is 221 Å². The molecule has 0 aliphatic heterocycles. The van der Waals surface area contributed by atoms with Gasteiger partial charge in [0.2, 0.25) is 5.71 Å². The lowest BCUT2D eigenvalue weighted by atomic mass is 9.83. The van der Waals surface area contributed by atoms with Crippen molar-refractivity contribution >= 4 is 109 Å². The van der Waals surface area contributed by atoms with Gasteiger partial charge in [-0.1, -0.05) is 123 Å². The fourth-order valence-electron chi connectivity index (χ4n) is 11.7. The molecule has 0 bridgehead atoms. The zero-order valence-electron chi connectivity index (χ0n) is 39.1. The lowest BCUT2D eigenvalue weighted by molar-refractivity contribution is 0.591. The second-order valence-electron chi connectivity index (χ2n) is 22.3. The van der Waals surface area contributed by atoms with Crippen molar-refractivity contribution in [1.82, 2.24) is 13.4 Å². The third-order valence-corrected chi connectivity index (χ3v) is 15.1. The Bertz CT molecular complexity index is 4370. The van der Waals surface area contributed by atoms with Crippen molar-refractivity contribution in [3.05, 3.63) is 162 Å². The number of hydrogen-bond donors (Lipinski definition) is 0. The number of hydrogen-bond acceptors (Lipinski definition) is 1. The summed E-state index contributed by atoms with van der Waals surface area (Å²) in [4.78, 5) is 0. The van der Waals surface area contributed by atoms with Crippen LogP contribution in [0.3, 0.4) is 0 Å². The summed E-state index contributed by atoms with van der Waals surface area (Å²) < 4.78 is 14.3. The molecule has 0 atom stereocenters. The molecule has 0 aliphatic rings. The van der Waals surface area contributed by atoms with Crippen molar-refractivity contribution in [2.24, 2.45) is 0 Å². The Labute approximate surface area is 382 Å². The van der Waals surface area contributed by atoms with Crippen molar-refractivity contribution in [2.45, 2.75) is 78.6 Å². The molecule has 0 spiro atoms. The summed E-state index contributed by atoms with van der Waals surface area (Å²) in [5, 5.41) is 13.9. The Morgan fingerprint density at radius 3 is 1.53 bits per heavy atom. The van der Waals surface area contributed by atoms with Crippen molar-refractivity contribution < 1.29 is 4.42 Å². The molecule has 0 aliphatic carbocycles. The summed E-state index contributed by atoms with van der Waals surface area (Å²) in [5.41, 5.74) is 18.0. The third kappa shape index (κ3) is 4.89. The standard InChI is InChI=1S/C62H51N3O/c1-60(2,3)35-26-41(34-23-24-51-42(25-34)39-19-13-15-21-50(39)63(51)38-17-11-10-12-18-38)56-47(29-35)48-30-36(61(4,5)6)27-45-43-33-53-44(32-52(43)64(56)57(45)48)46-28-37(62(7,8)9)31-49-55-40-20-14-16-22-54(40)66-59(55)65(53)58(46)49/h10-33H,1-9H3. The third-order valence-electron chi connectivity index (χ3n) is 15.1. The average Bonchev–Trinajstić information content (AvgIpc) is 4.12. The highest BCUT2D eigenvalue weighted by Gasteiger charge is 2.30. The molecule has 0 unspecified atom stereocenters. The molecule has 0 N–H and O–H groups in total. The number of nitrogens with zero attached hydrogens (tertiary/aromatic N) is 3. The fourth-order valence-corrected chi connectivity index (χ4v) is 11.7. The number of furan rings is 1. The van der Waals surface area contributed by atoms with Crippen LogP contribution in [0.5, 0.6) is 0 Å². The SMILES string of the molecule is CC(C)(C)c1cc(-c2ccc3c(c2)c2ccccc2n3-c2ccccc2)c2c(c1)c1cc(C(C)(C)C)cc3c4cc5c(cc4n2c31)c1cc(C(C)(C)C)cc2c3c4ccccc4oc3n5c12. The number of rotatable bonds is 2. The zero-order valence-corrected chi connectivity index (χ0v) is 39.1. The van der Waals surface area contributed by atoms with E-state index in [4.69, 9.17) is 4.42 Å². The first-order valence-corrected chi connectivity index (χ1v) is 23.6. The van der Waals surface area contributed by atoms with Crippen molar-refractivity contribution in [3.8, 4) is 16.8 Å². The first kappa shape index (κ1) is 38.0. The number of benzene rings is 8. The van der Waals surface area contributed by atoms with Gasteiger partial charge in [-0.15, -0.1) is 0 Å². The van der Waals surface area contributed by atoms with Crippen LogP contribution in [-0.2, 0) is 16.2 Å². The molecule has 8 aromatic carbocycles. The highest BCUT2D eigenvalue weighted by Crippen LogP contribution is 2.50. The lowest BCUT2D eigenvalue weighted by Gasteiger charge is -2.22. The van der Waals surface area contributed by atoms with E-state index < -0.39 is 0 Å². The highest BCUT2D eigenvalue weighted by molar-refractivity contribution is 6.32. The molecule has 4 nitrogen and oxygen atoms in total. The van der Waals surface area contributed by atoms with Gasteiger partial charge in [-0.2, -0.15) is 0 Å². The van der Waals surface area contributed by atoms with Gasteiger partial charge in [0.15, 0.2) is 0 Å². The Morgan fingerprint density at radius 1 is 0.364 bits per heavy atom. The minimum absolute atomic E-state index is 0.0469. The summed E-state index contributed by atoms with van der Waals surface area (Å²) >= 11 is 0. The van der Waals surface area contributed by atoms with Crippen LogP contribution in [0.4, 0.5) is 0 Å². The zero-order chi connectivity index (χ0) is 44.9. The van der Waals surface area contributed by atoms with E-state index in [0.717, 1.165) is 11.3 Å². The Balaban J connectivity index is 1.16. The quantitative estimate of drug-likeness (QED) is 0.170. The molecule has 320 valence electrons. The number of para-hydroxylation sites is 3. The minimum atomic E-state index is -0.0724. The van der Waals surface area contributed by atoms with Gasteiger partial charge in [-0.3, -0.25) is 4.40 Å². The second kappa shape index (κ2) is 12.3. The van der Waals surface area contributed by atoms with Crippen molar-refractivity contribution in [2.75, 3.05) is 0 Å². The summed E-state index contributed by atoms with van der Waals surface area (Å²) in [5.74, 6) is 0. The van der Waals surface area contributed by atoms with E-state index in [1.54, 1.807) is 0 Å². The first-order chi connectivity index (χ1) is 31.6. The van der Waals surface area contributed by atoms with Crippen LogP contribution in [0, 0.1) is 0 Å². The van der Waals surface area contributed by atoms with E-state index in [-0.39, 0.29) is 16.2 Å². The van der Waals surface area contributed by atoms with Crippen LogP contribution in [0.2, 0.25) is 0 Å². The highest BCUT2D eigenvalue weighted by atomic mass is 16.3. The molecule has 6 aromatic heterocycles. The van der Waals surface area contributed by atoms with E-state index >= 15 is 0 Å². The molecular weight excluding hydrogens is 803 g/mol. The van der Waals surface area contributed by atoms with E-state index in [0.29, 0.717) is 0 Å². The Kier molecular flexibility index (Phi) is 7.10. The summed E-state index contributed by atoms with van der Waals surface area (Å²) in [7, 11) is 0. The Morgan fingerprint density at radius 2 is 0.864 bits per heavy atom. The average molecular weight is 854 g/mol. The molecule has 14 rings (SSSR count). The van der Waals surface area contributed by atoms with Gasteiger partial charge in [0, 0.05) is 65.1 Å². The maximum atomic E-state index is 6.86. The van der Waals surface area contributed by atoms with Crippen molar-refractivity contribution in [1.29, 1.82) is 0 Å². The van der Waals surface area contributed by atoms with Gasteiger partial charge in [-0.25, -0.2) is 0 Å². The van der Waals surface area contributed by atoms with E-state index in [9.17, 15) is 0 Å². The van der Waals surface area contributed by atoms with Gasteiger partial charge < -0.3 is 13.4 Å². The summed E-state index contributed by atoms with van der Waals surface area (Å²) in [6.45, 7) is 21.1. The van der Waals surface area contributed by atoms with Crippen LogP contribution in [0.15, 0.2) is 150 Å². The molecule has 0 saturated heterocycles.